The van der Waals surface area contributed by atoms with Crippen LogP contribution in [0.25, 0.3) is 5.69 Å². The number of pyridine rings is 1. The lowest BCUT2D eigenvalue weighted by Crippen LogP contribution is -2.29. The van der Waals surface area contributed by atoms with E-state index in [0.29, 0.717) is 5.11 Å². The van der Waals surface area contributed by atoms with Crippen molar-refractivity contribution in [3.63, 3.8) is 0 Å². The zero-order valence-electron chi connectivity index (χ0n) is 20.6. The zero-order valence-corrected chi connectivity index (χ0v) is 23.0. The van der Waals surface area contributed by atoms with Crippen LogP contribution in [-0.2, 0) is 0 Å². The molecule has 0 spiro atoms. The molecule has 0 unspecified atom stereocenters. The molecule has 35 heavy (non-hydrogen) atoms. The summed E-state index contributed by atoms with van der Waals surface area (Å²) < 4.78 is 3.46. The lowest BCUT2D eigenvalue weighted by atomic mass is 9.96. The summed E-state index contributed by atoms with van der Waals surface area (Å²) in [5, 5.41) is 4.30. The maximum atomic E-state index is 5.94. The first-order valence-corrected chi connectivity index (χ1v) is 13.0. The summed E-state index contributed by atoms with van der Waals surface area (Å²) in [5.74, 6) is 0. The number of anilines is 1. The summed E-state index contributed by atoms with van der Waals surface area (Å²) in [6.07, 6.45) is 1.85. The highest BCUT2D eigenvalue weighted by Gasteiger charge is 2.42. The molecular formula is C29H29BrN4S. The molecule has 3 heterocycles. The van der Waals surface area contributed by atoms with Crippen LogP contribution in [0, 0.1) is 34.6 Å². The minimum atomic E-state index is -0.0693. The molecule has 6 heteroatoms. The zero-order chi connectivity index (χ0) is 24.9. The molecule has 1 fully saturated rings. The Kier molecular flexibility index (Phi) is 6.28. The van der Waals surface area contributed by atoms with E-state index in [1.165, 1.54) is 39.3 Å². The predicted octanol–water partition coefficient (Wildman–Crippen LogP) is 7.35. The molecule has 2 atom stereocenters. The number of aryl methyl sites for hydroxylation is 3. The summed E-state index contributed by atoms with van der Waals surface area (Å²) in [5.41, 5.74) is 10.7. The van der Waals surface area contributed by atoms with E-state index in [1.54, 1.807) is 0 Å². The number of aromatic nitrogens is 2. The Hall–Kier alpha value is -2.96. The van der Waals surface area contributed by atoms with Gasteiger partial charge in [-0.2, -0.15) is 0 Å². The minimum Gasteiger partial charge on any atom is -0.351 e. The van der Waals surface area contributed by atoms with Crippen LogP contribution in [0.5, 0.6) is 0 Å². The highest BCUT2D eigenvalue weighted by atomic mass is 79.9. The van der Waals surface area contributed by atoms with Gasteiger partial charge in [0, 0.05) is 33.4 Å². The van der Waals surface area contributed by atoms with Crippen LogP contribution in [0.15, 0.2) is 71.3 Å². The Balaban J connectivity index is 1.71. The number of hydrogen-bond acceptors (Lipinski definition) is 2. The van der Waals surface area contributed by atoms with Gasteiger partial charge in [-0.1, -0.05) is 34.1 Å². The Morgan fingerprint density at radius 2 is 1.71 bits per heavy atom. The van der Waals surface area contributed by atoms with Crippen LogP contribution >= 0.6 is 28.1 Å². The van der Waals surface area contributed by atoms with E-state index in [0.717, 1.165) is 15.9 Å². The Bertz CT molecular complexity index is 1430. The summed E-state index contributed by atoms with van der Waals surface area (Å²) in [7, 11) is 0. The van der Waals surface area contributed by atoms with Crippen molar-refractivity contribution in [1.29, 1.82) is 0 Å². The molecule has 1 aliphatic heterocycles. The second kappa shape index (κ2) is 9.25. The average Bonchev–Trinajstić information content (AvgIpc) is 3.33. The molecule has 4 aromatic rings. The molecule has 0 radical (unpaired) electrons. The van der Waals surface area contributed by atoms with Crippen LogP contribution in [0.2, 0.25) is 0 Å². The van der Waals surface area contributed by atoms with E-state index in [1.807, 2.05) is 18.3 Å². The van der Waals surface area contributed by atoms with Gasteiger partial charge in [0.15, 0.2) is 5.11 Å². The summed E-state index contributed by atoms with van der Waals surface area (Å²) in [6, 6.07) is 21.2. The number of halogens is 1. The van der Waals surface area contributed by atoms with Crippen molar-refractivity contribution in [3.8, 4) is 5.69 Å². The van der Waals surface area contributed by atoms with Gasteiger partial charge in [-0.05, 0) is 112 Å². The van der Waals surface area contributed by atoms with E-state index in [9.17, 15) is 0 Å². The Morgan fingerprint density at radius 1 is 0.914 bits per heavy atom. The average molecular weight is 546 g/mol. The van der Waals surface area contributed by atoms with E-state index in [2.05, 4.69) is 114 Å². The van der Waals surface area contributed by atoms with Gasteiger partial charge in [0.25, 0.3) is 0 Å². The smallest absolute Gasteiger partial charge is 0.174 e. The van der Waals surface area contributed by atoms with Gasteiger partial charge >= 0.3 is 0 Å². The molecule has 2 aromatic carbocycles. The predicted molar refractivity (Wildman–Crippen MR) is 152 cm³/mol. The second-order valence-electron chi connectivity index (χ2n) is 9.31. The van der Waals surface area contributed by atoms with Crippen molar-refractivity contribution >= 4 is 38.9 Å². The number of hydrogen-bond donors (Lipinski definition) is 1. The minimum absolute atomic E-state index is 0.0389. The lowest BCUT2D eigenvalue weighted by molar-refractivity contribution is 0.565. The number of nitrogens with one attached hydrogen (secondary N) is 1. The van der Waals surface area contributed by atoms with Crippen molar-refractivity contribution in [2.75, 3.05) is 4.90 Å². The third kappa shape index (κ3) is 4.09. The quantitative estimate of drug-likeness (QED) is 0.272. The number of thiocarbonyl (C=S) groups is 1. The molecule has 5 rings (SSSR count). The molecule has 0 aliphatic carbocycles. The summed E-state index contributed by atoms with van der Waals surface area (Å²) in [4.78, 5) is 6.96. The van der Waals surface area contributed by atoms with E-state index < -0.39 is 0 Å². The Labute approximate surface area is 221 Å². The fraction of sp³-hybridized carbons (Fsp3) is 0.241. The molecule has 0 amide bonds. The topological polar surface area (TPSA) is 33.1 Å². The van der Waals surface area contributed by atoms with Gasteiger partial charge in [-0.3, -0.25) is 4.98 Å². The molecule has 1 aliphatic rings. The van der Waals surface area contributed by atoms with Gasteiger partial charge in [0.1, 0.15) is 0 Å². The van der Waals surface area contributed by atoms with Crippen molar-refractivity contribution in [3.05, 3.63) is 111 Å². The van der Waals surface area contributed by atoms with Crippen LogP contribution in [0.4, 0.5) is 5.69 Å². The molecule has 0 saturated carbocycles. The highest BCUT2D eigenvalue weighted by molar-refractivity contribution is 9.10. The first-order valence-electron chi connectivity index (χ1n) is 11.8. The largest absolute Gasteiger partial charge is 0.351 e. The molecule has 2 aromatic heterocycles. The monoisotopic (exact) mass is 544 g/mol. The molecule has 0 bridgehead atoms. The number of nitrogens with zero attached hydrogens (tertiary/aromatic N) is 3. The molecule has 178 valence electrons. The van der Waals surface area contributed by atoms with Crippen molar-refractivity contribution < 1.29 is 0 Å². The van der Waals surface area contributed by atoms with Gasteiger partial charge in [-0.25, -0.2) is 0 Å². The highest BCUT2D eigenvalue weighted by Crippen LogP contribution is 2.44. The van der Waals surface area contributed by atoms with E-state index >= 15 is 0 Å². The molecule has 1 N–H and O–H groups in total. The normalized spacial score (nSPS) is 17.7. The molecular weight excluding hydrogens is 516 g/mol. The first-order chi connectivity index (χ1) is 16.8. The van der Waals surface area contributed by atoms with Crippen molar-refractivity contribution in [2.24, 2.45) is 0 Å². The third-order valence-electron chi connectivity index (χ3n) is 7.12. The van der Waals surface area contributed by atoms with Crippen LogP contribution in [0.1, 0.15) is 51.4 Å². The van der Waals surface area contributed by atoms with E-state index in [-0.39, 0.29) is 12.1 Å². The van der Waals surface area contributed by atoms with Crippen LogP contribution < -0.4 is 10.2 Å². The van der Waals surface area contributed by atoms with Crippen molar-refractivity contribution in [2.45, 2.75) is 46.7 Å². The lowest BCUT2D eigenvalue weighted by Gasteiger charge is -2.28. The van der Waals surface area contributed by atoms with Gasteiger partial charge in [0.05, 0.1) is 17.8 Å². The van der Waals surface area contributed by atoms with Gasteiger partial charge < -0.3 is 14.8 Å². The Morgan fingerprint density at radius 3 is 2.43 bits per heavy atom. The summed E-state index contributed by atoms with van der Waals surface area (Å²) >= 11 is 9.58. The maximum Gasteiger partial charge on any atom is 0.174 e. The fourth-order valence-electron chi connectivity index (χ4n) is 5.16. The first kappa shape index (κ1) is 23.8. The van der Waals surface area contributed by atoms with Gasteiger partial charge in [0.2, 0.25) is 0 Å². The number of benzene rings is 2. The number of rotatable bonds is 4. The van der Waals surface area contributed by atoms with Crippen molar-refractivity contribution in [1.82, 2.24) is 14.9 Å². The second-order valence-corrected chi connectivity index (χ2v) is 10.6. The van der Waals surface area contributed by atoms with E-state index in [4.69, 9.17) is 17.2 Å². The SMILES string of the molecule is Cc1cc(N2C(=S)N[C@H](c3ccccn3)[C@H]2c2cc(C)n(-c3cccc(C)c3C)c2C)ccc1Br. The van der Waals surface area contributed by atoms with Gasteiger partial charge in [-0.15, -0.1) is 0 Å². The maximum absolute atomic E-state index is 5.94. The molecule has 4 nitrogen and oxygen atoms in total. The standard InChI is InChI=1S/C29H29BrN4S/c1-17-9-8-11-26(20(17)4)33-19(3)16-23(21(33)5)28-27(25-10-6-7-14-31-25)32-29(35)34(28)22-12-13-24(30)18(2)15-22/h6-16,27-28H,1-5H3,(H,32,35)/t27-,28-/m1/s1. The molecule has 1 saturated heterocycles. The van der Waals surface area contributed by atoms with Crippen LogP contribution in [-0.4, -0.2) is 14.7 Å². The van der Waals surface area contributed by atoms with Crippen LogP contribution in [0.3, 0.4) is 0 Å². The summed E-state index contributed by atoms with van der Waals surface area (Å²) in [6.45, 7) is 10.9. The third-order valence-corrected chi connectivity index (χ3v) is 8.33. The fourth-order valence-corrected chi connectivity index (χ4v) is 5.76.